The molecular weight excluding hydrogens is 552 g/mol. The van der Waals surface area contributed by atoms with E-state index in [-0.39, 0.29) is 25.0 Å². The standard InChI is InChI=1S/C32H44N4O7/c1-31(2,3)36-17-11-16-32(36,29(33)40)20-26(37)24(18-22-12-7-5-8-13-22)34-28(39)25(19-27(38)42-4)35-30(41)43-21-23-14-9-6-10-15-23/h5-10,12-15,24-26,37H,11,16-21H2,1-4H3,(H2,33,40)(H,34,39)(H,35,41)/t24-,25-,26+,32+/m0/s1. The molecule has 1 fully saturated rings. The number of rotatable bonds is 13. The zero-order chi connectivity index (χ0) is 31.6. The van der Waals surface area contributed by atoms with Gasteiger partial charge in [-0.05, 0) is 57.7 Å². The summed E-state index contributed by atoms with van der Waals surface area (Å²) in [5.41, 5.74) is 6.05. The van der Waals surface area contributed by atoms with Crippen molar-refractivity contribution in [2.45, 2.75) is 88.7 Å². The Morgan fingerprint density at radius 2 is 1.60 bits per heavy atom. The molecule has 0 saturated carbocycles. The minimum Gasteiger partial charge on any atom is -0.469 e. The van der Waals surface area contributed by atoms with Crippen LogP contribution in [0.15, 0.2) is 60.7 Å². The first-order valence-corrected chi connectivity index (χ1v) is 14.5. The second-order valence-electron chi connectivity index (χ2n) is 11.9. The van der Waals surface area contributed by atoms with E-state index >= 15 is 0 Å². The van der Waals surface area contributed by atoms with E-state index in [1.807, 2.05) is 62.1 Å². The quantitative estimate of drug-likeness (QED) is 0.257. The number of alkyl carbamates (subject to hydrolysis) is 1. The van der Waals surface area contributed by atoms with Crippen molar-refractivity contribution in [1.29, 1.82) is 0 Å². The number of esters is 1. The van der Waals surface area contributed by atoms with Crippen LogP contribution in [0.5, 0.6) is 0 Å². The first-order chi connectivity index (χ1) is 20.4. The van der Waals surface area contributed by atoms with Crippen LogP contribution in [0.25, 0.3) is 0 Å². The van der Waals surface area contributed by atoms with E-state index in [1.54, 1.807) is 24.3 Å². The molecule has 1 aliphatic heterocycles. The molecule has 234 valence electrons. The van der Waals surface area contributed by atoms with E-state index in [4.69, 9.17) is 15.2 Å². The lowest BCUT2D eigenvalue weighted by Crippen LogP contribution is -2.63. The minimum absolute atomic E-state index is 0.00834. The second kappa shape index (κ2) is 15.0. The lowest BCUT2D eigenvalue weighted by atomic mass is 9.82. The van der Waals surface area contributed by atoms with E-state index in [0.717, 1.165) is 17.5 Å². The van der Waals surface area contributed by atoms with Crippen molar-refractivity contribution in [3.63, 3.8) is 0 Å². The van der Waals surface area contributed by atoms with Crippen molar-refractivity contribution in [3.8, 4) is 0 Å². The van der Waals surface area contributed by atoms with Gasteiger partial charge in [0.1, 0.15) is 18.2 Å². The summed E-state index contributed by atoms with van der Waals surface area (Å²) in [7, 11) is 1.18. The zero-order valence-corrected chi connectivity index (χ0v) is 25.4. The molecule has 0 bridgehead atoms. The Balaban J connectivity index is 1.82. The zero-order valence-electron chi connectivity index (χ0n) is 25.4. The summed E-state index contributed by atoms with van der Waals surface area (Å²) < 4.78 is 10.00. The minimum atomic E-state index is -1.34. The van der Waals surface area contributed by atoms with Crippen molar-refractivity contribution in [2.24, 2.45) is 5.73 Å². The summed E-state index contributed by atoms with van der Waals surface area (Å²) in [6.45, 7) is 6.59. The molecule has 0 spiro atoms. The van der Waals surface area contributed by atoms with Gasteiger partial charge in [-0.25, -0.2) is 4.79 Å². The van der Waals surface area contributed by atoms with E-state index in [1.165, 1.54) is 7.11 Å². The third-order valence-corrected chi connectivity index (χ3v) is 7.81. The number of likely N-dealkylation sites (tertiary alicyclic amines) is 1. The van der Waals surface area contributed by atoms with E-state index in [2.05, 4.69) is 10.6 Å². The number of carbonyl (C=O) groups excluding carboxylic acids is 4. The number of methoxy groups -OCH3 is 1. The smallest absolute Gasteiger partial charge is 0.408 e. The normalized spacial score (nSPS) is 19.1. The van der Waals surface area contributed by atoms with Gasteiger partial charge in [0.25, 0.3) is 0 Å². The summed E-state index contributed by atoms with van der Waals surface area (Å²) in [5, 5.41) is 16.9. The van der Waals surface area contributed by atoms with Gasteiger partial charge in [0.15, 0.2) is 0 Å². The molecule has 4 atom stereocenters. The highest BCUT2D eigenvalue weighted by Gasteiger charge is 2.51. The topological polar surface area (TPSA) is 160 Å². The Labute approximate surface area is 253 Å². The third-order valence-electron chi connectivity index (χ3n) is 7.81. The molecule has 2 aromatic carbocycles. The van der Waals surface area contributed by atoms with E-state index in [9.17, 15) is 24.3 Å². The van der Waals surface area contributed by atoms with Crippen molar-refractivity contribution in [1.82, 2.24) is 15.5 Å². The predicted octanol–water partition coefficient (Wildman–Crippen LogP) is 2.44. The molecule has 11 heteroatoms. The number of amides is 3. The summed E-state index contributed by atoms with van der Waals surface area (Å²) >= 11 is 0. The fraction of sp³-hybridized carbons (Fsp3) is 0.500. The summed E-state index contributed by atoms with van der Waals surface area (Å²) in [5.74, 6) is -1.97. The van der Waals surface area contributed by atoms with Gasteiger partial charge < -0.3 is 30.9 Å². The molecule has 0 aromatic heterocycles. The molecule has 5 N–H and O–H groups in total. The first-order valence-electron chi connectivity index (χ1n) is 14.5. The molecular formula is C32H44N4O7. The van der Waals surface area contributed by atoms with Crippen LogP contribution in [0.1, 0.15) is 57.6 Å². The number of hydrogen-bond acceptors (Lipinski definition) is 8. The van der Waals surface area contributed by atoms with Crippen molar-refractivity contribution in [2.75, 3.05) is 13.7 Å². The Bertz CT molecular complexity index is 1240. The van der Waals surface area contributed by atoms with Gasteiger partial charge in [-0.1, -0.05) is 60.7 Å². The molecule has 0 unspecified atom stereocenters. The number of carbonyl (C=O) groups is 4. The largest absolute Gasteiger partial charge is 0.469 e. The lowest BCUT2D eigenvalue weighted by molar-refractivity contribution is -0.143. The monoisotopic (exact) mass is 596 g/mol. The predicted molar refractivity (Wildman–Crippen MR) is 161 cm³/mol. The van der Waals surface area contributed by atoms with E-state index in [0.29, 0.717) is 13.0 Å². The Kier molecular flexibility index (Phi) is 11.7. The average molecular weight is 597 g/mol. The second-order valence-corrected chi connectivity index (χ2v) is 11.9. The number of benzene rings is 2. The van der Waals surface area contributed by atoms with Crippen LogP contribution in [0.2, 0.25) is 0 Å². The number of primary amides is 1. The third kappa shape index (κ3) is 9.26. The number of hydrogen-bond donors (Lipinski definition) is 4. The van der Waals surface area contributed by atoms with Crippen LogP contribution in [-0.2, 0) is 36.9 Å². The Morgan fingerprint density at radius 1 is 1.00 bits per heavy atom. The number of nitrogens with one attached hydrogen (secondary N) is 2. The fourth-order valence-corrected chi connectivity index (χ4v) is 5.71. The van der Waals surface area contributed by atoms with Crippen molar-refractivity contribution < 1.29 is 33.8 Å². The van der Waals surface area contributed by atoms with Crippen LogP contribution in [0, 0.1) is 0 Å². The van der Waals surface area contributed by atoms with Gasteiger partial charge in [-0.15, -0.1) is 0 Å². The molecule has 3 amide bonds. The number of aliphatic hydroxyl groups excluding tert-OH is 1. The molecule has 43 heavy (non-hydrogen) atoms. The van der Waals surface area contributed by atoms with Gasteiger partial charge in [-0.3, -0.25) is 19.3 Å². The summed E-state index contributed by atoms with van der Waals surface area (Å²) in [4.78, 5) is 53.3. The fourth-order valence-electron chi connectivity index (χ4n) is 5.71. The van der Waals surface area contributed by atoms with Gasteiger partial charge in [0.2, 0.25) is 11.8 Å². The summed E-state index contributed by atoms with van der Waals surface area (Å²) in [6.07, 6.45) is -1.12. The van der Waals surface area contributed by atoms with Crippen molar-refractivity contribution >= 4 is 23.9 Å². The average Bonchev–Trinajstić information content (AvgIpc) is 3.42. The highest BCUT2D eigenvalue weighted by molar-refractivity contribution is 5.90. The van der Waals surface area contributed by atoms with Gasteiger partial charge in [0.05, 0.1) is 25.7 Å². The first kappa shape index (κ1) is 33.5. The number of aliphatic hydroxyl groups is 1. The van der Waals surface area contributed by atoms with Gasteiger partial charge in [-0.2, -0.15) is 0 Å². The molecule has 0 radical (unpaired) electrons. The lowest BCUT2D eigenvalue weighted by Gasteiger charge is -2.46. The number of nitrogens with two attached hydrogens (primary N) is 1. The van der Waals surface area contributed by atoms with E-state index < -0.39 is 54.0 Å². The van der Waals surface area contributed by atoms with Gasteiger partial charge >= 0.3 is 12.1 Å². The maximum absolute atomic E-state index is 13.6. The molecule has 11 nitrogen and oxygen atoms in total. The van der Waals surface area contributed by atoms with Gasteiger partial charge in [0, 0.05) is 12.0 Å². The molecule has 1 aliphatic rings. The molecule has 1 heterocycles. The van der Waals surface area contributed by atoms with Crippen LogP contribution in [0.3, 0.4) is 0 Å². The maximum Gasteiger partial charge on any atom is 0.408 e. The SMILES string of the molecule is COC(=O)C[C@H](NC(=O)OCc1ccccc1)C(=O)N[C@@H](Cc1ccccc1)[C@H](O)C[C@@]1(C(N)=O)CCCN1C(C)(C)C. The van der Waals surface area contributed by atoms with Crippen LogP contribution >= 0.6 is 0 Å². The van der Waals surface area contributed by atoms with Crippen LogP contribution < -0.4 is 16.4 Å². The number of nitrogens with zero attached hydrogens (tertiary/aromatic N) is 1. The highest BCUT2D eigenvalue weighted by atomic mass is 16.5. The molecule has 3 rings (SSSR count). The maximum atomic E-state index is 13.6. The number of ether oxygens (including phenoxy) is 2. The molecule has 1 saturated heterocycles. The Morgan fingerprint density at radius 3 is 2.16 bits per heavy atom. The Hall–Kier alpha value is -3.96. The summed E-state index contributed by atoms with van der Waals surface area (Å²) in [6, 6.07) is 16.0. The van der Waals surface area contributed by atoms with Crippen LogP contribution in [-0.4, -0.2) is 76.8 Å². The molecule has 2 aromatic rings. The van der Waals surface area contributed by atoms with Crippen molar-refractivity contribution in [3.05, 3.63) is 71.8 Å². The van der Waals surface area contributed by atoms with Crippen LogP contribution in [0.4, 0.5) is 4.79 Å². The highest BCUT2D eigenvalue weighted by Crippen LogP contribution is 2.39. The molecule has 0 aliphatic carbocycles.